The molecule has 0 aromatic rings. The Bertz CT molecular complexity index is 342. The molecular formula is C22H43NO3. The fraction of sp³-hybridized carbons (Fsp3) is 0.955. The maximum absolute atomic E-state index is 12.1. The van der Waals surface area contributed by atoms with Gasteiger partial charge >= 0.3 is 0 Å². The van der Waals surface area contributed by atoms with Crippen LogP contribution in [0.25, 0.3) is 0 Å². The van der Waals surface area contributed by atoms with E-state index in [2.05, 4.69) is 12.2 Å². The molecule has 0 radical (unpaired) electrons. The van der Waals surface area contributed by atoms with Crippen LogP contribution in [-0.2, 0) is 4.79 Å². The van der Waals surface area contributed by atoms with Gasteiger partial charge in [-0.15, -0.1) is 0 Å². The number of carbonyl (C=O) groups is 1. The van der Waals surface area contributed by atoms with Crippen LogP contribution in [0.4, 0.5) is 0 Å². The van der Waals surface area contributed by atoms with E-state index in [-0.39, 0.29) is 18.6 Å². The van der Waals surface area contributed by atoms with E-state index >= 15 is 0 Å². The first-order valence-electron chi connectivity index (χ1n) is 11.3. The smallest absolute Gasteiger partial charge is 0.220 e. The highest BCUT2D eigenvalue weighted by molar-refractivity contribution is 5.76. The number of carbonyl (C=O) groups excluding carboxylic acids is 1. The highest BCUT2D eigenvalue weighted by Gasteiger charge is 2.25. The molecule has 1 aliphatic carbocycles. The van der Waals surface area contributed by atoms with Gasteiger partial charge in [0.25, 0.3) is 0 Å². The summed E-state index contributed by atoms with van der Waals surface area (Å²) in [6.07, 6.45) is 17.6. The summed E-state index contributed by atoms with van der Waals surface area (Å²) in [6, 6.07) is -0.307. The van der Waals surface area contributed by atoms with E-state index < -0.39 is 6.10 Å². The molecule has 3 N–H and O–H groups in total. The van der Waals surface area contributed by atoms with E-state index in [0.29, 0.717) is 18.8 Å². The Balaban J connectivity index is 2.06. The van der Waals surface area contributed by atoms with Crippen LogP contribution >= 0.6 is 0 Å². The van der Waals surface area contributed by atoms with Crippen LogP contribution in [0.15, 0.2) is 0 Å². The molecule has 1 amide bonds. The summed E-state index contributed by atoms with van der Waals surface area (Å²) in [6.45, 7) is 2.15. The fourth-order valence-electron chi connectivity index (χ4n) is 4.08. The van der Waals surface area contributed by atoms with Crippen LogP contribution in [-0.4, -0.2) is 34.9 Å². The van der Waals surface area contributed by atoms with Gasteiger partial charge in [0.05, 0.1) is 18.8 Å². The number of nitrogens with one attached hydrogen (secondary N) is 1. The van der Waals surface area contributed by atoms with Crippen molar-refractivity contribution in [2.45, 2.75) is 122 Å². The van der Waals surface area contributed by atoms with Gasteiger partial charge in [-0.05, 0) is 31.6 Å². The van der Waals surface area contributed by atoms with Gasteiger partial charge in [0.15, 0.2) is 0 Å². The molecule has 0 saturated heterocycles. The zero-order chi connectivity index (χ0) is 19.0. The lowest BCUT2D eigenvalue weighted by Crippen LogP contribution is -2.41. The molecule has 0 heterocycles. The predicted octanol–water partition coefficient (Wildman–Crippen LogP) is 4.72. The fourth-order valence-corrected chi connectivity index (χ4v) is 4.08. The van der Waals surface area contributed by atoms with Crippen LogP contribution in [0.5, 0.6) is 0 Å². The minimum absolute atomic E-state index is 0.0165. The van der Waals surface area contributed by atoms with E-state index in [1.807, 2.05) is 0 Å². The number of rotatable bonds is 15. The average Bonchev–Trinajstić information content (AvgIpc) is 2.66. The quantitative estimate of drug-likeness (QED) is 0.366. The molecular weight excluding hydrogens is 326 g/mol. The molecule has 1 aliphatic rings. The SMILES string of the molecule is CCCCCCCCCCCC(=O)N[C@@H](CO)C[C@H](O)C1CCCCC1. The van der Waals surface area contributed by atoms with Crippen molar-refractivity contribution in [2.24, 2.45) is 5.92 Å². The van der Waals surface area contributed by atoms with Gasteiger partial charge in [-0.1, -0.05) is 77.6 Å². The zero-order valence-corrected chi connectivity index (χ0v) is 17.1. The third kappa shape index (κ3) is 11.2. The molecule has 26 heavy (non-hydrogen) atoms. The average molecular weight is 370 g/mol. The van der Waals surface area contributed by atoms with Gasteiger partial charge < -0.3 is 15.5 Å². The number of aliphatic hydroxyl groups is 2. The lowest BCUT2D eigenvalue weighted by atomic mass is 9.83. The molecule has 0 spiro atoms. The highest BCUT2D eigenvalue weighted by atomic mass is 16.3. The second-order valence-electron chi connectivity index (χ2n) is 8.23. The Kier molecular flexibility index (Phi) is 13.9. The Morgan fingerprint density at radius 1 is 0.962 bits per heavy atom. The van der Waals surface area contributed by atoms with Crippen molar-refractivity contribution in [1.29, 1.82) is 0 Å². The molecule has 0 aromatic heterocycles. The summed E-state index contributed by atoms with van der Waals surface area (Å²) >= 11 is 0. The van der Waals surface area contributed by atoms with Crippen LogP contribution in [0.2, 0.25) is 0 Å². The van der Waals surface area contributed by atoms with Crippen molar-refractivity contribution in [3.63, 3.8) is 0 Å². The summed E-state index contributed by atoms with van der Waals surface area (Å²) in [7, 11) is 0. The summed E-state index contributed by atoms with van der Waals surface area (Å²) < 4.78 is 0. The van der Waals surface area contributed by atoms with E-state index in [1.165, 1.54) is 64.2 Å². The summed E-state index contributed by atoms with van der Waals surface area (Å²) in [5.74, 6) is 0.356. The highest BCUT2D eigenvalue weighted by Crippen LogP contribution is 2.28. The molecule has 0 bridgehead atoms. The number of hydrogen-bond acceptors (Lipinski definition) is 3. The third-order valence-electron chi connectivity index (χ3n) is 5.81. The first-order valence-corrected chi connectivity index (χ1v) is 11.3. The molecule has 0 aromatic carbocycles. The van der Waals surface area contributed by atoms with Gasteiger partial charge in [0, 0.05) is 6.42 Å². The zero-order valence-electron chi connectivity index (χ0n) is 17.1. The monoisotopic (exact) mass is 369 g/mol. The molecule has 1 saturated carbocycles. The van der Waals surface area contributed by atoms with Crippen LogP contribution in [0.1, 0.15) is 110 Å². The van der Waals surface area contributed by atoms with Crippen LogP contribution in [0, 0.1) is 5.92 Å². The number of amides is 1. The van der Waals surface area contributed by atoms with Crippen molar-refractivity contribution >= 4 is 5.91 Å². The first-order chi connectivity index (χ1) is 12.7. The van der Waals surface area contributed by atoms with Crippen LogP contribution in [0.3, 0.4) is 0 Å². The van der Waals surface area contributed by atoms with Gasteiger partial charge in [0.2, 0.25) is 5.91 Å². The lowest BCUT2D eigenvalue weighted by molar-refractivity contribution is -0.122. The standard InChI is InChI=1S/C22H43NO3/c1-2-3-4-5-6-7-8-9-13-16-22(26)23-20(18-24)17-21(25)19-14-11-10-12-15-19/h19-21,24-25H,2-18H2,1H3,(H,23,26)/t20-,21+/m1/s1. The molecule has 0 aliphatic heterocycles. The van der Waals surface area contributed by atoms with Gasteiger partial charge in [-0.25, -0.2) is 0 Å². The molecule has 1 fully saturated rings. The van der Waals surface area contributed by atoms with E-state index in [9.17, 15) is 15.0 Å². The number of hydrogen-bond donors (Lipinski definition) is 3. The summed E-state index contributed by atoms with van der Waals surface area (Å²) in [5.41, 5.74) is 0. The molecule has 0 unspecified atom stereocenters. The first kappa shape index (κ1) is 23.4. The van der Waals surface area contributed by atoms with Gasteiger partial charge in [-0.3, -0.25) is 4.79 Å². The maximum atomic E-state index is 12.1. The molecule has 4 nitrogen and oxygen atoms in total. The Hall–Kier alpha value is -0.610. The van der Waals surface area contributed by atoms with E-state index in [0.717, 1.165) is 25.7 Å². The summed E-state index contributed by atoms with van der Waals surface area (Å²) in [4.78, 5) is 12.1. The topological polar surface area (TPSA) is 69.6 Å². The number of unbranched alkanes of at least 4 members (excludes halogenated alkanes) is 8. The Morgan fingerprint density at radius 2 is 1.54 bits per heavy atom. The van der Waals surface area contributed by atoms with Crippen LogP contribution < -0.4 is 5.32 Å². The normalized spacial score (nSPS) is 17.8. The number of aliphatic hydroxyl groups excluding tert-OH is 2. The van der Waals surface area contributed by atoms with Crippen molar-refractivity contribution in [3.8, 4) is 0 Å². The van der Waals surface area contributed by atoms with E-state index in [1.54, 1.807) is 0 Å². The van der Waals surface area contributed by atoms with Crippen molar-refractivity contribution in [3.05, 3.63) is 0 Å². The van der Waals surface area contributed by atoms with Crippen molar-refractivity contribution in [1.82, 2.24) is 5.32 Å². The second-order valence-corrected chi connectivity index (χ2v) is 8.23. The van der Waals surface area contributed by atoms with E-state index in [4.69, 9.17) is 0 Å². The molecule has 2 atom stereocenters. The van der Waals surface area contributed by atoms with Gasteiger partial charge in [0.1, 0.15) is 0 Å². The Morgan fingerprint density at radius 3 is 2.12 bits per heavy atom. The molecule has 4 heteroatoms. The van der Waals surface area contributed by atoms with Gasteiger partial charge in [-0.2, -0.15) is 0 Å². The minimum Gasteiger partial charge on any atom is -0.394 e. The second kappa shape index (κ2) is 15.4. The van der Waals surface area contributed by atoms with Crippen molar-refractivity contribution < 1.29 is 15.0 Å². The lowest BCUT2D eigenvalue weighted by Gasteiger charge is -2.29. The predicted molar refractivity (Wildman–Crippen MR) is 108 cm³/mol. The summed E-state index contributed by atoms with van der Waals surface area (Å²) in [5, 5.41) is 22.8. The Labute approximate surface area is 161 Å². The molecule has 1 rings (SSSR count). The van der Waals surface area contributed by atoms with Crippen molar-refractivity contribution in [2.75, 3.05) is 6.61 Å². The third-order valence-corrected chi connectivity index (χ3v) is 5.81. The molecule has 154 valence electrons. The largest absolute Gasteiger partial charge is 0.394 e. The minimum atomic E-state index is -0.402. The maximum Gasteiger partial charge on any atom is 0.220 e.